The summed E-state index contributed by atoms with van der Waals surface area (Å²) in [4.78, 5) is 25.4. The zero-order chi connectivity index (χ0) is 24.8. The molecule has 1 fully saturated rings. The molecule has 0 saturated carbocycles. The smallest absolute Gasteiger partial charge is 0.282 e. The fourth-order valence-electron chi connectivity index (χ4n) is 3.41. The zero-order valence-electron chi connectivity index (χ0n) is 18.8. The van der Waals surface area contributed by atoms with Crippen molar-refractivity contribution >= 4 is 46.8 Å². The minimum Gasteiger partial charge on any atom is -0.490 e. The van der Waals surface area contributed by atoms with Crippen LogP contribution < -0.4 is 24.6 Å². The summed E-state index contributed by atoms with van der Waals surface area (Å²) in [6.07, 6.45) is 1.47. The van der Waals surface area contributed by atoms with Crippen LogP contribution in [0.3, 0.4) is 0 Å². The molecule has 0 unspecified atom stereocenters. The van der Waals surface area contributed by atoms with Crippen LogP contribution in [0.4, 0.5) is 5.69 Å². The van der Waals surface area contributed by atoms with E-state index < -0.39 is 11.8 Å². The number of carbonyl (C=O) groups excluding carboxylic acids is 2. The van der Waals surface area contributed by atoms with Gasteiger partial charge in [0.25, 0.3) is 11.8 Å². The molecule has 0 aromatic heterocycles. The number of para-hydroxylation sites is 2. The summed E-state index contributed by atoms with van der Waals surface area (Å²) in [7, 11) is 0. The van der Waals surface area contributed by atoms with E-state index in [0.29, 0.717) is 40.1 Å². The predicted molar refractivity (Wildman–Crippen MR) is 135 cm³/mol. The number of nitrogens with zero attached hydrogens (tertiary/aromatic N) is 1. The highest BCUT2D eigenvalue weighted by atomic mass is 35.5. The lowest BCUT2D eigenvalue weighted by Gasteiger charge is -2.15. The molecular weight excluding hydrogens is 491 g/mol. The van der Waals surface area contributed by atoms with Gasteiger partial charge in [0.15, 0.2) is 11.5 Å². The molecule has 7 nitrogen and oxygen atoms in total. The third-order valence-electron chi connectivity index (χ3n) is 4.97. The minimum absolute atomic E-state index is 0.0193. The molecule has 0 radical (unpaired) electrons. The molecule has 180 valence electrons. The normalized spacial score (nSPS) is 14.3. The third-order valence-corrected chi connectivity index (χ3v) is 5.57. The number of benzene rings is 3. The summed E-state index contributed by atoms with van der Waals surface area (Å²) in [6, 6.07) is 19.3. The monoisotopic (exact) mass is 512 g/mol. The lowest BCUT2D eigenvalue weighted by atomic mass is 10.1. The van der Waals surface area contributed by atoms with Crippen LogP contribution in [0.15, 0.2) is 72.3 Å². The molecule has 0 bridgehead atoms. The van der Waals surface area contributed by atoms with Crippen LogP contribution in [-0.2, 0) is 9.59 Å². The first kappa shape index (κ1) is 24.4. The van der Waals surface area contributed by atoms with Gasteiger partial charge in [-0.05, 0) is 55.0 Å². The van der Waals surface area contributed by atoms with Gasteiger partial charge in [0.1, 0.15) is 24.5 Å². The maximum Gasteiger partial charge on any atom is 0.282 e. The van der Waals surface area contributed by atoms with Crippen molar-refractivity contribution in [2.75, 3.05) is 24.8 Å². The number of halogens is 2. The maximum atomic E-state index is 12.9. The third kappa shape index (κ3) is 5.70. The van der Waals surface area contributed by atoms with E-state index in [9.17, 15) is 9.59 Å². The van der Waals surface area contributed by atoms with Crippen LogP contribution >= 0.6 is 23.2 Å². The molecule has 0 aliphatic carbocycles. The Morgan fingerprint density at radius 3 is 2.31 bits per heavy atom. The Bertz CT molecular complexity index is 1260. The number of carbonyl (C=O) groups is 2. The van der Waals surface area contributed by atoms with Gasteiger partial charge >= 0.3 is 0 Å². The first-order valence-corrected chi connectivity index (χ1v) is 11.6. The number of ether oxygens (including phenoxy) is 3. The van der Waals surface area contributed by atoms with E-state index >= 15 is 0 Å². The van der Waals surface area contributed by atoms with Crippen molar-refractivity contribution in [3.63, 3.8) is 0 Å². The van der Waals surface area contributed by atoms with E-state index in [0.717, 1.165) is 0 Å². The van der Waals surface area contributed by atoms with Crippen LogP contribution in [-0.4, -0.2) is 31.6 Å². The predicted octanol–water partition coefficient (Wildman–Crippen LogP) is 5.31. The van der Waals surface area contributed by atoms with E-state index in [2.05, 4.69) is 5.43 Å². The molecule has 1 heterocycles. The van der Waals surface area contributed by atoms with Crippen molar-refractivity contribution < 1.29 is 23.8 Å². The lowest BCUT2D eigenvalue weighted by molar-refractivity contribution is -0.117. The molecule has 35 heavy (non-hydrogen) atoms. The minimum atomic E-state index is -0.509. The highest BCUT2D eigenvalue weighted by Crippen LogP contribution is 2.37. The Balaban J connectivity index is 1.50. The Kier molecular flexibility index (Phi) is 7.80. The fraction of sp³-hybridized carbons (Fsp3) is 0.154. The molecule has 1 aliphatic heterocycles. The molecule has 1 saturated heterocycles. The molecule has 0 atom stereocenters. The summed E-state index contributed by atoms with van der Waals surface area (Å²) in [5.41, 5.74) is 3.63. The summed E-state index contributed by atoms with van der Waals surface area (Å²) >= 11 is 12.6. The molecule has 2 amide bonds. The van der Waals surface area contributed by atoms with E-state index in [-0.39, 0.29) is 23.8 Å². The lowest BCUT2D eigenvalue weighted by Crippen LogP contribution is -2.35. The van der Waals surface area contributed by atoms with E-state index in [1.165, 1.54) is 11.1 Å². The van der Waals surface area contributed by atoms with Crippen molar-refractivity contribution in [2.24, 2.45) is 0 Å². The molecule has 1 N–H and O–H groups in total. The average Bonchev–Trinajstić information content (AvgIpc) is 3.13. The number of hydrogen-bond acceptors (Lipinski definition) is 5. The molecule has 3 aromatic rings. The highest BCUT2D eigenvalue weighted by molar-refractivity contribution is 6.33. The van der Waals surface area contributed by atoms with Gasteiger partial charge in [0.05, 0.1) is 22.3 Å². The molecule has 9 heteroatoms. The second-order valence-electron chi connectivity index (χ2n) is 7.37. The largest absolute Gasteiger partial charge is 0.490 e. The number of rotatable bonds is 9. The average molecular weight is 513 g/mol. The first-order valence-electron chi connectivity index (χ1n) is 10.9. The van der Waals surface area contributed by atoms with Crippen molar-refractivity contribution in [3.05, 3.63) is 87.9 Å². The summed E-state index contributed by atoms with van der Waals surface area (Å²) in [5.74, 6) is 0.305. The molecular formula is C26H22Cl2N2O5. The van der Waals surface area contributed by atoms with Gasteiger partial charge in [0.2, 0.25) is 0 Å². The topological polar surface area (TPSA) is 77.1 Å². The van der Waals surface area contributed by atoms with Crippen molar-refractivity contribution in [2.45, 2.75) is 6.92 Å². The number of amides is 2. The standard InChI is InChI=1S/C26H22Cl2N2O5/c1-2-33-23-16-17(14-19-25(31)29-30(26(19)32)18-8-4-3-5-9-18)15-21(28)24(23)35-13-12-34-22-11-7-6-10-20(22)27/h3-11,14-16H,2,12-13H2,1H3,(H,29,31)/b19-14+. The molecule has 0 spiro atoms. The molecule has 1 aliphatic rings. The Hall–Kier alpha value is -3.68. The molecule has 3 aromatic carbocycles. The number of hydrazine groups is 1. The molecule has 4 rings (SSSR count). The van der Waals surface area contributed by atoms with Gasteiger partial charge in [-0.1, -0.05) is 53.5 Å². The van der Waals surface area contributed by atoms with Crippen LogP contribution in [0.1, 0.15) is 12.5 Å². The zero-order valence-corrected chi connectivity index (χ0v) is 20.3. The van der Waals surface area contributed by atoms with E-state index in [4.69, 9.17) is 37.4 Å². The first-order chi connectivity index (χ1) is 17.0. The Morgan fingerprint density at radius 2 is 1.57 bits per heavy atom. The van der Waals surface area contributed by atoms with Crippen molar-refractivity contribution in [1.29, 1.82) is 0 Å². The maximum absolute atomic E-state index is 12.9. The van der Waals surface area contributed by atoms with Gasteiger partial charge in [-0.2, -0.15) is 0 Å². The van der Waals surface area contributed by atoms with Gasteiger partial charge < -0.3 is 14.2 Å². The number of nitrogens with one attached hydrogen (secondary N) is 1. The SMILES string of the molecule is CCOc1cc(/C=C2\C(=O)NN(c3ccccc3)C2=O)cc(Cl)c1OCCOc1ccccc1Cl. The van der Waals surface area contributed by atoms with Crippen molar-refractivity contribution in [3.8, 4) is 17.2 Å². The fourth-order valence-corrected chi connectivity index (χ4v) is 3.88. The van der Waals surface area contributed by atoms with Crippen LogP contribution in [0.2, 0.25) is 10.0 Å². The van der Waals surface area contributed by atoms with Gasteiger partial charge in [-0.25, -0.2) is 5.01 Å². The summed E-state index contributed by atoms with van der Waals surface area (Å²) in [5, 5.41) is 1.98. The Morgan fingerprint density at radius 1 is 0.857 bits per heavy atom. The quantitative estimate of drug-likeness (QED) is 0.238. The summed E-state index contributed by atoms with van der Waals surface area (Å²) in [6.45, 7) is 2.62. The van der Waals surface area contributed by atoms with E-state index in [1.807, 2.05) is 25.1 Å². The van der Waals surface area contributed by atoms with E-state index in [1.54, 1.807) is 48.5 Å². The van der Waals surface area contributed by atoms with Crippen molar-refractivity contribution in [1.82, 2.24) is 5.43 Å². The second-order valence-corrected chi connectivity index (χ2v) is 8.18. The summed E-state index contributed by atoms with van der Waals surface area (Å²) < 4.78 is 17.2. The Labute approximate surface area is 212 Å². The number of hydrogen-bond donors (Lipinski definition) is 1. The van der Waals surface area contributed by atoms with Crippen LogP contribution in [0.25, 0.3) is 6.08 Å². The number of anilines is 1. The second kappa shape index (κ2) is 11.2. The van der Waals surface area contributed by atoms with Crippen LogP contribution in [0, 0.1) is 0 Å². The van der Waals surface area contributed by atoms with Crippen LogP contribution in [0.5, 0.6) is 17.2 Å². The highest BCUT2D eigenvalue weighted by Gasteiger charge is 2.34. The van der Waals surface area contributed by atoms with Gasteiger partial charge in [0, 0.05) is 0 Å². The van der Waals surface area contributed by atoms with Gasteiger partial charge in [-0.3, -0.25) is 15.0 Å². The van der Waals surface area contributed by atoms with Gasteiger partial charge in [-0.15, -0.1) is 0 Å².